The molecule has 2 aromatic rings. The summed E-state index contributed by atoms with van der Waals surface area (Å²) in [4.78, 5) is 12.2. The van der Waals surface area contributed by atoms with Gasteiger partial charge in [0, 0.05) is 6.54 Å². The van der Waals surface area contributed by atoms with Gasteiger partial charge in [0.2, 0.25) is 10.0 Å². The summed E-state index contributed by atoms with van der Waals surface area (Å²) in [5.41, 5.74) is 0.776. The molecule has 8 heteroatoms. The average molecular weight is 408 g/mol. The minimum atomic E-state index is -3.56. The first kappa shape index (κ1) is 21.8. The molecule has 152 valence electrons. The van der Waals surface area contributed by atoms with Gasteiger partial charge in [-0.3, -0.25) is 4.79 Å². The molecule has 1 atom stereocenters. The Labute approximate surface area is 165 Å². The van der Waals surface area contributed by atoms with Crippen LogP contribution in [-0.2, 0) is 14.8 Å². The van der Waals surface area contributed by atoms with Gasteiger partial charge in [-0.15, -0.1) is 0 Å². The van der Waals surface area contributed by atoms with Gasteiger partial charge in [-0.2, -0.15) is 0 Å². The van der Waals surface area contributed by atoms with E-state index in [9.17, 15) is 17.6 Å². The van der Waals surface area contributed by atoms with Crippen molar-refractivity contribution >= 4 is 15.9 Å². The second-order valence-electron chi connectivity index (χ2n) is 6.85. The van der Waals surface area contributed by atoms with E-state index in [0.29, 0.717) is 12.3 Å². The Morgan fingerprint density at radius 3 is 2.21 bits per heavy atom. The largest absolute Gasteiger partial charge is 0.484 e. The van der Waals surface area contributed by atoms with Crippen molar-refractivity contribution in [1.29, 1.82) is 0 Å². The molecule has 1 amide bonds. The van der Waals surface area contributed by atoms with Crippen molar-refractivity contribution in [2.45, 2.75) is 31.7 Å². The van der Waals surface area contributed by atoms with Crippen LogP contribution in [-0.4, -0.2) is 27.5 Å². The van der Waals surface area contributed by atoms with Crippen LogP contribution in [0.2, 0.25) is 0 Å². The highest BCUT2D eigenvalue weighted by Crippen LogP contribution is 2.16. The Bertz CT molecular complexity index is 881. The number of benzene rings is 2. The predicted octanol–water partition coefficient (Wildman–Crippen LogP) is 3.02. The molecule has 0 aliphatic heterocycles. The maximum absolute atomic E-state index is 13.0. The van der Waals surface area contributed by atoms with Crippen LogP contribution in [0.3, 0.4) is 0 Å². The normalized spacial score (nSPS) is 12.6. The standard InChI is InChI=1S/C20H25FN2O4S/c1-14(2)12-22-28(25,26)19-10-8-18(9-11-19)27-13-20(24)23-15(3)16-4-6-17(21)7-5-16/h4-11,14-15,22H,12-13H2,1-3H3,(H,23,24)/t15-/m0/s1. The zero-order chi connectivity index (χ0) is 20.7. The Morgan fingerprint density at radius 1 is 1.04 bits per heavy atom. The van der Waals surface area contributed by atoms with Crippen LogP contribution >= 0.6 is 0 Å². The van der Waals surface area contributed by atoms with E-state index in [2.05, 4.69) is 10.0 Å². The molecular formula is C20H25FN2O4S. The minimum Gasteiger partial charge on any atom is -0.484 e. The average Bonchev–Trinajstić information content (AvgIpc) is 2.65. The van der Waals surface area contributed by atoms with E-state index in [1.165, 1.54) is 36.4 Å². The van der Waals surface area contributed by atoms with E-state index in [-0.39, 0.29) is 35.2 Å². The first-order valence-corrected chi connectivity index (χ1v) is 10.4. The maximum atomic E-state index is 13.0. The summed E-state index contributed by atoms with van der Waals surface area (Å²) in [6.07, 6.45) is 0. The zero-order valence-electron chi connectivity index (χ0n) is 16.1. The van der Waals surface area contributed by atoms with Crippen molar-refractivity contribution in [2.24, 2.45) is 5.92 Å². The summed E-state index contributed by atoms with van der Waals surface area (Å²) >= 11 is 0. The molecule has 2 aromatic carbocycles. The molecule has 0 aliphatic rings. The summed E-state index contributed by atoms with van der Waals surface area (Å²) in [6.45, 7) is 5.76. The first-order chi connectivity index (χ1) is 13.2. The summed E-state index contributed by atoms with van der Waals surface area (Å²) in [5.74, 6) is -0.0943. The minimum absolute atomic E-state index is 0.134. The monoisotopic (exact) mass is 408 g/mol. The van der Waals surface area contributed by atoms with Crippen LogP contribution in [0.5, 0.6) is 5.75 Å². The third-order valence-electron chi connectivity index (χ3n) is 3.93. The summed E-state index contributed by atoms with van der Waals surface area (Å²) in [7, 11) is -3.56. The number of sulfonamides is 1. The molecular weight excluding hydrogens is 383 g/mol. The van der Waals surface area contributed by atoms with E-state index in [1.807, 2.05) is 13.8 Å². The second-order valence-corrected chi connectivity index (χ2v) is 8.61. The van der Waals surface area contributed by atoms with Crippen LogP contribution in [0.4, 0.5) is 4.39 Å². The number of ether oxygens (including phenoxy) is 1. The first-order valence-electron chi connectivity index (χ1n) is 8.94. The lowest BCUT2D eigenvalue weighted by Gasteiger charge is -2.15. The van der Waals surface area contributed by atoms with Crippen molar-refractivity contribution in [3.05, 3.63) is 59.9 Å². The lowest BCUT2D eigenvalue weighted by molar-refractivity contribution is -0.123. The predicted molar refractivity (Wildman–Crippen MR) is 105 cm³/mol. The molecule has 0 saturated carbocycles. The number of hydrogen-bond donors (Lipinski definition) is 2. The molecule has 2 N–H and O–H groups in total. The molecule has 28 heavy (non-hydrogen) atoms. The smallest absolute Gasteiger partial charge is 0.258 e. The van der Waals surface area contributed by atoms with E-state index >= 15 is 0 Å². The number of hydrogen-bond acceptors (Lipinski definition) is 4. The van der Waals surface area contributed by atoms with Gasteiger partial charge in [0.05, 0.1) is 10.9 Å². The third-order valence-corrected chi connectivity index (χ3v) is 5.37. The molecule has 0 aromatic heterocycles. The van der Waals surface area contributed by atoms with Crippen molar-refractivity contribution in [3.8, 4) is 5.75 Å². The van der Waals surface area contributed by atoms with Gasteiger partial charge in [-0.1, -0.05) is 26.0 Å². The van der Waals surface area contributed by atoms with Crippen LogP contribution in [0.1, 0.15) is 32.4 Å². The van der Waals surface area contributed by atoms with Crippen LogP contribution in [0.15, 0.2) is 53.4 Å². The summed E-state index contributed by atoms with van der Waals surface area (Å²) in [5, 5.41) is 2.76. The Kier molecular flexibility index (Phi) is 7.53. The zero-order valence-corrected chi connectivity index (χ0v) is 16.9. The third kappa shape index (κ3) is 6.61. The van der Waals surface area contributed by atoms with Gasteiger partial charge in [0.1, 0.15) is 11.6 Å². The molecule has 0 bridgehead atoms. The highest BCUT2D eigenvalue weighted by molar-refractivity contribution is 7.89. The van der Waals surface area contributed by atoms with Gasteiger partial charge >= 0.3 is 0 Å². The number of nitrogens with one attached hydrogen (secondary N) is 2. The van der Waals surface area contributed by atoms with Gasteiger partial charge in [-0.25, -0.2) is 17.5 Å². The fourth-order valence-corrected chi connectivity index (χ4v) is 3.56. The molecule has 0 heterocycles. The number of rotatable bonds is 9. The second kappa shape index (κ2) is 9.66. The lowest BCUT2D eigenvalue weighted by Crippen LogP contribution is -2.31. The highest BCUT2D eigenvalue weighted by atomic mass is 32.2. The number of carbonyl (C=O) groups is 1. The molecule has 0 fully saturated rings. The van der Waals surface area contributed by atoms with Gasteiger partial charge in [0.15, 0.2) is 6.61 Å². The number of carbonyl (C=O) groups excluding carboxylic acids is 1. The summed E-state index contributed by atoms with van der Waals surface area (Å²) in [6, 6.07) is 11.4. The molecule has 0 aliphatic carbocycles. The van der Waals surface area contributed by atoms with Crippen molar-refractivity contribution < 1.29 is 22.3 Å². The SMILES string of the molecule is CC(C)CNS(=O)(=O)c1ccc(OCC(=O)N[C@@H](C)c2ccc(F)cc2)cc1. The van der Waals surface area contributed by atoms with E-state index in [4.69, 9.17) is 4.74 Å². The lowest BCUT2D eigenvalue weighted by atomic mass is 10.1. The summed E-state index contributed by atoms with van der Waals surface area (Å²) < 4.78 is 45.2. The molecule has 0 unspecified atom stereocenters. The van der Waals surface area contributed by atoms with Gasteiger partial charge in [0.25, 0.3) is 5.91 Å². The van der Waals surface area contributed by atoms with Crippen LogP contribution in [0.25, 0.3) is 0 Å². The quantitative estimate of drug-likeness (QED) is 0.668. The molecule has 0 spiro atoms. The van der Waals surface area contributed by atoms with Crippen LogP contribution < -0.4 is 14.8 Å². The van der Waals surface area contributed by atoms with Gasteiger partial charge in [-0.05, 0) is 54.8 Å². The highest BCUT2D eigenvalue weighted by Gasteiger charge is 2.15. The fraction of sp³-hybridized carbons (Fsp3) is 0.350. The van der Waals surface area contributed by atoms with E-state index in [0.717, 1.165) is 5.56 Å². The maximum Gasteiger partial charge on any atom is 0.258 e. The Morgan fingerprint density at radius 2 is 1.64 bits per heavy atom. The van der Waals surface area contributed by atoms with E-state index < -0.39 is 10.0 Å². The molecule has 2 rings (SSSR count). The van der Waals surface area contributed by atoms with E-state index in [1.54, 1.807) is 19.1 Å². The number of halogens is 1. The van der Waals surface area contributed by atoms with Crippen molar-refractivity contribution in [2.75, 3.05) is 13.2 Å². The molecule has 0 radical (unpaired) electrons. The van der Waals surface area contributed by atoms with Crippen LogP contribution in [0, 0.1) is 11.7 Å². The van der Waals surface area contributed by atoms with Crippen molar-refractivity contribution in [3.63, 3.8) is 0 Å². The molecule has 6 nitrogen and oxygen atoms in total. The fourth-order valence-electron chi connectivity index (χ4n) is 2.34. The Hall–Kier alpha value is -2.45. The van der Waals surface area contributed by atoms with Gasteiger partial charge < -0.3 is 10.1 Å². The Balaban J connectivity index is 1.87. The molecule has 0 saturated heterocycles. The van der Waals surface area contributed by atoms with Crippen molar-refractivity contribution in [1.82, 2.24) is 10.0 Å². The number of amides is 1. The topological polar surface area (TPSA) is 84.5 Å².